The third-order valence-corrected chi connectivity index (χ3v) is 2.24. The lowest BCUT2D eigenvalue weighted by Crippen LogP contribution is -2.37. The summed E-state index contributed by atoms with van der Waals surface area (Å²) in [5.74, 6) is 0.499. The lowest BCUT2D eigenvalue weighted by Gasteiger charge is -2.21. The highest BCUT2D eigenvalue weighted by molar-refractivity contribution is 5.87. The lowest BCUT2D eigenvalue weighted by atomic mass is 9.96. The Hall–Kier alpha value is -0.630. The lowest BCUT2D eigenvalue weighted by molar-refractivity contribution is 0.565. The molecule has 0 fully saturated rings. The summed E-state index contributed by atoms with van der Waals surface area (Å²) in [4.78, 5) is 4.21. The number of allylic oxidation sites excluding steroid dienone is 1. The number of rotatable bonds is 4. The smallest absolute Gasteiger partial charge is 0.0506 e. The topological polar surface area (TPSA) is 24.4 Å². The van der Waals surface area contributed by atoms with E-state index in [0.29, 0.717) is 12.0 Å². The molecule has 0 aliphatic rings. The first-order valence-electron chi connectivity index (χ1n) is 4.78. The minimum absolute atomic E-state index is 0.361. The fraction of sp³-hybridized carbons (Fsp3) is 0.727. The van der Waals surface area contributed by atoms with Crippen molar-refractivity contribution in [2.75, 3.05) is 14.1 Å². The van der Waals surface area contributed by atoms with Crippen LogP contribution in [0, 0.1) is 5.92 Å². The summed E-state index contributed by atoms with van der Waals surface area (Å²) in [5, 5.41) is 3.28. The molecule has 2 nitrogen and oxygen atoms in total. The molecule has 0 radical (unpaired) electrons. The number of aliphatic imine (C=N–C) groups is 1. The van der Waals surface area contributed by atoms with E-state index >= 15 is 0 Å². The Morgan fingerprint density at radius 1 is 1.31 bits per heavy atom. The number of hydrogen-bond acceptors (Lipinski definition) is 2. The molecule has 2 atom stereocenters. The molecule has 0 amide bonds. The average molecular weight is 182 g/mol. The van der Waals surface area contributed by atoms with Gasteiger partial charge >= 0.3 is 0 Å². The number of nitrogens with zero attached hydrogens (tertiary/aromatic N) is 1. The number of nitrogens with one attached hydrogen (secondary N) is 1. The van der Waals surface area contributed by atoms with Crippen molar-refractivity contribution < 1.29 is 0 Å². The van der Waals surface area contributed by atoms with Crippen LogP contribution < -0.4 is 5.32 Å². The summed E-state index contributed by atoms with van der Waals surface area (Å²) in [6, 6.07) is 0.361. The highest BCUT2D eigenvalue weighted by Crippen LogP contribution is 2.09. The van der Waals surface area contributed by atoms with Crippen molar-refractivity contribution >= 4 is 5.71 Å². The van der Waals surface area contributed by atoms with Gasteiger partial charge in [0.2, 0.25) is 0 Å². The molecule has 0 saturated heterocycles. The van der Waals surface area contributed by atoms with Crippen LogP contribution in [-0.4, -0.2) is 25.8 Å². The first-order chi connectivity index (χ1) is 6.02. The van der Waals surface area contributed by atoms with Gasteiger partial charge in [0.15, 0.2) is 0 Å². The minimum atomic E-state index is 0.361. The summed E-state index contributed by atoms with van der Waals surface area (Å²) in [6.07, 6.45) is 2.27. The molecule has 0 spiro atoms. The Kier molecular flexibility index (Phi) is 5.63. The summed E-state index contributed by atoms with van der Waals surface area (Å²) in [7, 11) is 3.82. The van der Waals surface area contributed by atoms with Crippen LogP contribution in [0.15, 0.2) is 16.6 Å². The van der Waals surface area contributed by atoms with Gasteiger partial charge in [-0.2, -0.15) is 0 Å². The SMILES string of the molecule is CN=C(C)C(NC)C(C)C=C(C)C. The van der Waals surface area contributed by atoms with E-state index in [2.05, 4.69) is 44.1 Å². The second-order valence-corrected chi connectivity index (χ2v) is 3.73. The normalized spacial score (nSPS) is 16.6. The second kappa shape index (κ2) is 5.92. The minimum Gasteiger partial charge on any atom is -0.312 e. The average Bonchev–Trinajstić information content (AvgIpc) is 2.03. The van der Waals surface area contributed by atoms with E-state index in [0.717, 1.165) is 5.71 Å². The van der Waals surface area contributed by atoms with Gasteiger partial charge in [0.1, 0.15) is 0 Å². The number of hydrogen-bond donors (Lipinski definition) is 1. The van der Waals surface area contributed by atoms with Crippen LogP contribution in [-0.2, 0) is 0 Å². The molecule has 2 unspecified atom stereocenters. The highest BCUT2D eigenvalue weighted by Gasteiger charge is 2.15. The van der Waals surface area contributed by atoms with Crippen LogP contribution in [0.4, 0.5) is 0 Å². The van der Waals surface area contributed by atoms with Gasteiger partial charge in [0, 0.05) is 12.8 Å². The largest absolute Gasteiger partial charge is 0.312 e. The van der Waals surface area contributed by atoms with Gasteiger partial charge in [-0.25, -0.2) is 0 Å². The fourth-order valence-corrected chi connectivity index (χ4v) is 1.61. The zero-order valence-electron chi connectivity index (χ0n) is 9.68. The maximum Gasteiger partial charge on any atom is 0.0506 e. The Morgan fingerprint density at radius 3 is 2.15 bits per heavy atom. The van der Waals surface area contributed by atoms with Crippen LogP contribution in [0.1, 0.15) is 27.7 Å². The zero-order chi connectivity index (χ0) is 10.4. The summed E-state index contributed by atoms with van der Waals surface area (Å²) >= 11 is 0. The molecule has 0 aromatic rings. The predicted octanol–water partition coefficient (Wildman–Crippen LogP) is 2.27. The second-order valence-electron chi connectivity index (χ2n) is 3.73. The molecular weight excluding hydrogens is 160 g/mol. The third kappa shape index (κ3) is 4.23. The predicted molar refractivity (Wildman–Crippen MR) is 60.5 cm³/mol. The third-order valence-electron chi connectivity index (χ3n) is 2.24. The van der Waals surface area contributed by atoms with Crippen molar-refractivity contribution in [2.45, 2.75) is 33.7 Å². The molecule has 1 N–H and O–H groups in total. The molecule has 0 heterocycles. The maximum atomic E-state index is 4.21. The Morgan fingerprint density at radius 2 is 1.85 bits per heavy atom. The van der Waals surface area contributed by atoms with Crippen molar-refractivity contribution in [3.05, 3.63) is 11.6 Å². The Bertz CT molecular complexity index is 200. The Labute approximate surface area is 82.1 Å². The summed E-state index contributed by atoms with van der Waals surface area (Å²) < 4.78 is 0. The highest BCUT2D eigenvalue weighted by atomic mass is 14.9. The standard InChI is InChI=1S/C11H22N2/c1-8(2)7-9(3)11(13-6)10(4)12-5/h7,9,11,13H,1-6H3. The van der Waals surface area contributed by atoms with Gasteiger partial charge in [-0.05, 0) is 33.7 Å². The maximum absolute atomic E-state index is 4.21. The molecule has 13 heavy (non-hydrogen) atoms. The van der Waals surface area contributed by atoms with Crippen LogP contribution in [0.5, 0.6) is 0 Å². The van der Waals surface area contributed by atoms with Crippen molar-refractivity contribution in [2.24, 2.45) is 10.9 Å². The first-order valence-corrected chi connectivity index (χ1v) is 4.78. The van der Waals surface area contributed by atoms with E-state index < -0.39 is 0 Å². The van der Waals surface area contributed by atoms with Gasteiger partial charge in [-0.15, -0.1) is 0 Å². The van der Waals surface area contributed by atoms with Crippen molar-refractivity contribution in [3.8, 4) is 0 Å². The molecule has 0 aliphatic heterocycles. The monoisotopic (exact) mass is 182 g/mol. The molecule has 2 heteroatoms. The van der Waals surface area contributed by atoms with Crippen LogP contribution >= 0.6 is 0 Å². The molecule has 0 saturated carbocycles. The van der Waals surface area contributed by atoms with E-state index in [9.17, 15) is 0 Å². The van der Waals surface area contributed by atoms with E-state index in [1.165, 1.54) is 5.57 Å². The molecule has 0 aromatic heterocycles. The van der Waals surface area contributed by atoms with E-state index in [-0.39, 0.29) is 0 Å². The molecule has 76 valence electrons. The zero-order valence-corrected chi connectivity index (χ0v) is 9.68. The molecule has 0 bridgehead atoms. The van der Waals surface area contributed by atoms with Gasteiger partial charge in [0.05, 0.1) is 6.04 Å². The molecule has 0 rings (SSSR count). The molecule has 0 aromatic carbocycles. The Balaban J connectivity index is 4.50. The van der Waals surface area contributed by atoms with E-state index in [1.807, 2.05) is 14.1 Å². The summed E-state index contributed by atoms with van der Waals surface area (Å²) in [6.45, 7) is 8.53. The van der Waals surface area contributed by atoms with Crippen molar-refractivity contribution in [3.63, 3.8) is 0 Å². The van der Waals surface area contributed by atoms with E-state index in [1.54, 1.807) is 0 Å². The van der Waals surface area contributed by atoms with Crippen LogP contribution in [0.25, 0.3) is 0 Å². The van der Waals surface area contributed by atoms with Gasteiger partial charge in [-0.1, -0.05) is 18.6 Å². The van der Waals surface area contributed by atoms with Gasteiger partial charge < -0.3 is 5.32 Å². The first kappa shape index (κ1) is 12.4. The van der Waals surface area contributed by atoms with Crippen molar-refractivity contribution in [1.29, 1.82) is 0 Å². The molecular formula is C11H22N2. The van der Waals surface area contributed by atoms with E-state index in [4.69, 9.17) is 0 Å². The molecule has 0 aliphatic carbocycles. The fourth-order valence-electron chi connectivity index (χ4n) is 1.61. The van der Waals surface area contributed by atoms with Gasteiger partial charge in [0.25, 0.3) is 0 Å². The van der Waals surface area contributed by atoms with Crippen LogP contribution in [0.2, 0.25) is 0 Å². The quantitative estimate of drug-likeness (QED) is 0.523. The summed E-state index contributed by atoms with van der Waals surface area (Å²) in [5.41, 5.74) is 2.52. The van der Waals surface area contributed by atoms with Crippen LogP contribution in [0.3, 0.4) is 0 Å². The van der Waals surface area contributed by atoms with Crippen molar-refractivity contribution in [1.82, 2.24) is 5.32 Å². The van der Waals surface area contributed by atoms with Gasteiger partial charge in [-0.3, -0.25) is 4.99 Å².